The minimum absolute atomic E-state index is 0.0392. The zero-order chi connectivity index (χ0) is 22.7. The molecule has 1 aliphatic heterocycles. The summed E-state index contributed by atoms with van der Waals surface area (Å²) in [6, 6.07) is 5.76. The lowest BCUT2D eigenvalue weighted by molar-refractivity contribution is -0.137. The molecule has 1 unspecified atom stereocenters. The number of aromatic nitrogens is 1. The zero-order valence-corrected chi connectivity index (χ0v) is 17.6. The lowest BCUT2D eigenvalue weighted by Gasteiger charge is -2.31. The topological polar surface area (TPSA) is 83.2 Å². The van der Waals surface area contributed by atoms with E-state index in [0.29, 0.717) is 37.2 Å². The molecule has 2 heterocycles. The number of benzene rings is 1. The monoisotopic (exact) mass is 449 g/mol. The van der Waals surface area contributed by atoms with E-state index in [4.69, 9.17) is 4.74 Å². The molecule has 1 aromatic carbocycles. The average molecular weight is 449 g/mol. The Morgan fingerprint density at radius 2 is 1.97 bits per heavy atom. The Kier molecular flexibility index (Phi) is 6.55. The van der Waals surface area contributed by atoms with Crippen molar-refractivity contribution in [3.05, 3.63) is 68.6 Å². The lowest BCUT2D eigenvalue weighted by Crippen LogP contribution is -2.42. The summed E-state index contributed by atoms with van der Waals surface area (Å²) in [5.74, 6) is -0.0543. The number of amides is 2. The number of carbonyl (C=O) groups is 1. The van der Waals surface area contributed by atoms with Crippen molar-refractivity contribution >= 4 is 6.03 Å². The molecular weight excluding hydrogens is 423 g/mol. The molecule has 2 aliphatic rings. The summed E-state index contributed by atoms with van der Waals surface area (Å²) in [4.78, 5) is 27.8. The van der Waals surface area contributed by atoms with E-state index in [1.165, 1.54) is 6.07 Å². The molecule has 1 saturated heterocycles. The van der Waals surface area contributed by atoms with Gasteiger partial charge in [0.15, 0.2) is 0 Å². The number of urea groups is 1. The van der Waals surface area contributed by atoms with Crippen LogP contribution in [0, 0.1) is 5.92 Å². The number of hydrogen-bond donors (Lipinski definition) is 3. The van der Waals surface area contributed by atoms with Gasteiger partial charge in [-0.25, -0.2) is 4.79 Å². The van der Waals surface area contributed by atoms with Crippen molar-refractivity contribution in [1.29, 1.82) is 0 Å². The average Bonchev–Trinajstić information content (AvgIpc) is 3.23. The van der Waals surface area contributed by atoms with Crippen molar-refractivity contribution < 1.29 is 22.7 Å². The second kappa shape index (κ2) is 9.36. The number of alkyl halides is 3. The van der Waals surface area contributed by atoms with Crippen LogP contribution < -0.4 is 16.2 Å². The summed E-state index contributed by atoms with van der Waals surface area (Å²) in [7, 11) is 0. The Balaban J connectivity index is 1.49. The summed E-state index contributed by atoms with van der Waals surface area (Å²) < 4.78 is 45.1. The van der Waals surface area contributed by atoms with Gasteiger partial charge in [-0.3, -0.25) is 4.79 Å². The molecule has 4 rings (SSSR count). The predicted octanol–water partition coefficient (Wildman–Crippen LogP) is 3.85. The van der Waals surface area contributed by atoms with Gasteiger partial charge in [0.25, 0.3) is 5.56 Å². The van der Waals surface area contributed by atoms with Gasteiger partial charge in [-0.2, -0.15) is 13.2 Å². The quantitative estimate of drug-likeness (QED) is 0.649. The Morgan fingerprint density at radius 1 is 1.19 bits per heavy atom. The second-order valence-electron chi connectivity index (χ2n) is 8.36. The Hall–Kier alpha value is -2.81. The van der Waals surface area contributed by atoms with Crippen LogP contribution in [-0.2, 0) is 30.3 Å². The number of ether oxygens (including phenoxy) is 1. The van der Waals surface area contributed by atoms with E-state index >= 15 is 0 Å². The summed E-state index contributed by atoms with van der Waals surface area (Å²) in [6.07, 6.45) is -0.466. The highest BCUT2D eigenvalue weighted by Gasteiger charge is 2.33. The van der Waals surface area contributed by atoms with E-state index in [1.54, 1.807) is 6.07 Å². The third-order valence-electron chi connectivity index (χ3n) is 6.20. The molecule has 32 heavy (non-hydrogen) atoms. The van der Waals surface area contributed by atoms with Crippen LogP contribution in [0.3, 0.4) is 0 Å². The van der Waals surface area contributed by atoms with E-state index < -0.39 is 23.8 Å². The van der Waals surface area contributed by atoms with Gasteiger partial charge in [0.1, 0.15) is 0 Å². The molecule has 0 bridgehead atoms. The van der Waals surface area contributed by atoms with Crippen LogP contribution in [0.2, 0.25) is 0 Å². The molecule has 0 saturated carbocycles. The first-order chi connectivity index (χ1) is 15.3. The number of carbonyl (C=O) groups excluding carboxylic acids is 1. The van der Waals surface area contributed by atoms with Crippen molar-refractivity contribution in [2.24, 2.45) is 5.92 Å². The van der Waals surface area contributed by atoms with Crippen LogP contribution in [-0.4, -0.2) is 24.2 Å². The molecule has 0 spiro atoms. The van der Waals surface area contributed by atoms with Gasteiger partial charge in [-0.15, -0.1) is 0 Å². The molecule has 3 N–H and O–H groups in total. The maximum atomic E-state index is 13.2. The van der Waals surface area contributed by atoms with Gasteiger partial charge < -0.3 is 20.4 Å². The molecule has 9 heteroatoms. The Bertz CT molecular complexity index is 1030. The van der Waals surface area contributed by atoms with Gasteiger partial charge in [-0.1, -0.05) is 12.1 Å². The summed E-state index contributed by atoms with van der Waals surface area (Å²) in [5.41, 5.74) is 1.92. The fourth-order valence-corrected chi connectivity index (χ4v) is 4.49. The highest BCUT2D eigenvalue weighted by Crippen LogP contribution is 2.34. The van der Waals surface area contributed by atoms with Crippen molar-refractivity contribution in [2.45, 2.75) is 50.9 Å². The van der Waals surface area contributed by atoms with Crippen molar-refractivity contribution in [3.63, 3.8) is 0 Å². The molecule has 6 nitrogen and oxygen atoms in total. The number of aryl methyl sites for hydroxylation is 2. The summed E-state index contributed by atoms with van der Waals surface area (Å²) in [6.45, 7) is 1.03. The second-order valence-corrected chi connectivity index (χ2v) is 8.36. The van der Waals surface area contributed by atoms with Crippen molar-refractivity contribution in [1.82, 2.24) is 15.6 Å². The summed E-state index contributed by atoms with van der Waals surface area (Å²) in [5, 5.41) is 5.53. The number of H-pyrrole nitrogens is 1. The number of rotatable bonds is 5. The number of pyridine rings is 1. The third-order valence-corrected chi connectivity index (χ3v) is 6.20. The number of aromatic amines is 1. The van der Waals surface area contributed by atoms with Gasteiger partial charge >= 0.3 is 12.2 Å². The standard InChI is InChI=1S/C23H26F3N3O3/c24-23(25,26)18-5-1-4-16(12-18)20(14-7-9-32-10-8-14)29-22(31)27-13-17-11-15-3-2-6-19(15)28-21(17)30/h1,4-5,11-12,14,20H,2-3,6-10,13H2,(H,28,30)(H2,27,29,31). The normalized spacial score (nSPS) is 17.6. The molecule has 0 radical (unpaired) electrons. The van der Waals surface area contributed by atoms with Crippen molar-refractivity contribution in [3.8, 4) is 0 Å². The molecule has 1 atom stereocenters. The maximum Gasteiger partial charge on any atom is 0.416 e. The smallest absolute Gasteiger partial charge is 0.381 e. The predicted molar refractivity (Wildman–Crippen MR) is 112 cm³/mol. The first-order valence-corrected chi connectivity index (χ1v) is 10.8. The van der Waals surface area contributed by atoms with Crippen LogP contribution in [0.1, 0.15) is 53.3 Å². The first kappa shape index (κ1) is 22.4. The van der Waals surface area contributed by atoms with Gasteiger partial charge in [-0.05, 0) is 67.3 Å². The molecule has 1 aliphatic carbocycles. The number of nitrogens with one attached hydrogen (secondary N) is 3. The van der Waals surface area contributed by atoms with E-state index in [2.05, 4.69) is 15.6 Å². The van der Waals surface area contributed by atoms with E-state index in [0.717, 1.165) is 42.7 Å². The van der Waals surface area contributed by atoms with Gasteiger partial charge in [0, 0.05) is 31.0 Å². The minimum atomic E-state index is -4.47. The van der Waals surface area contributed by atoms with Gasteiger partial charge in [0.2, 0.25) is 0 Å². The fourth-order valence-electron chi connectivity index (χ4n) is 4.49. The number of halogens is 3. The Labute approximate surface area is 183 Å². The molecule has 2 aromatic rings. The molecular formula is C23H26F3N3O3. The zero-order valence-electron chi connectivity index (χ0n) is 17.6. The molecule has 1 aromatic heterocycles. The van der Waals surface area contributed by atoms with Crippen LogP contribution in [0.25, 0.3) is 0 Å². The van der Waals surface area contributed by atoms with Crippen LogP contribution in [0.15, 0.2) is 35.1 Å². The highest BCUT2D eigenvalue weighted by atomic mass is 19.4. The van der Waals surface area contributed by atoms with Crippen LogP contribution in [0.4, 0.5) is 18.0 Å². The number of fused-ring (bicyclic) bond motifs is 1. The fraction of sp³-hybridized carbons (Fsp3) is 0.478. The highest BCUT2D eigenvalue weighted by molar-refractivity contribution is 5.74. The van der Waals surface area contributed by atoms with Crippen LogP contribution in [0.5, 0.6) is 0 Å². The van der Waals surface area contributed by atoms with Crippen LogP contribution >= 0.6 is 0 Å². The first-order valence-electron chi connectivity index (χ1n) is 10.8. The molecule has 2 amide bonds. The third kappa shape index (κ3) is 5.15. The van der Waals surface area contributed by atoms with E-state index in [1.807, 2.05) is 6.07 Å². The SMILES string of the molecule is O=C(NCc1cc2c([nH]c1=O)CCC2)NC(c1cccc(C(F)(F)F)c1)C1CCOCC1. The van der Waals surface area contributed by atoms with E-state index in [9.17, 15) is 22.8 Å². The van der Waals surface area contributed by atoms with E-state index in [-0.39, 0.29) is 18.0 Å². The van der Waals surface area contributed by atoms with Crippen molar-refractivity contribution in [2.75, 3.05) is 13.2 Å². The molecule has 172 valence electrons. The maximum absolute atomic E-state index is 13.2. The molecule has 1 fully saturated rings. The lowest BCUT2D eigenvalue weighted by atomic mass is 9.86. The Morgan fingerprint density at radius 3 is 2.72 bits per heavy atom. The minimum Gasteiger partial charge on any atom is -0.381 e. The number of hydrogen-bond acceptors (Lipinski definition) is 3. The summed E-state index contributed by atoms with van der Waals surface area (Å²) >= 11 is 0. The largest absolute Gasteiger partial charge is 0.416 e. The van der Waals surface area contributed by atoms with Gasteiger partial charge in [0.05, 0.1) is 11.6 Å².